The Morgan fingerprint density at radius 2 is 1.85 bits per heavy atom. The Kier molecular flexibility index (Phi) is 3.22. The van der Waals surface area contributed by atoms with Crippen molar-refractivity contribution >= 4 is 11.9 Å². The minimum absolute atomic E-state index is 0.145. The molecule has 2 fully saturated rings. The van der Waals surface area contributed by atoms with Crippen LogP contribution in [0.3, 0.4) is 0 Å². The third-order valence-corrected chi connectivity index (χ3v) is 4.32. The highest BCUT2D eigenvalue weighted by Crippen LogP contribution is 2.27. The van der Waals surface area contributed by atoms with E-state index >= 15 is 0 Å². The van der Waals surface area contributed by atoms with Crippen LogP contribution in [-0.4, -0.2) is 36.6 Å². The number of hydrogen-bond donors (Lipinski definition) is 2. The van der Waals surface area contributed by atoms with Gasteiger partial charge in [-0.2, -0.15) is 0 Å². The van der Waals surface area contributed by atoms with Crippen molar-refractivity contribution in [2.45, 2.75) is 25.3 Å². The second-order valence-corrected chi connectivity index (χ2v) is 5.77. The number of likely N-dealkylation sites (tertiary alicyclic amines) is 1. The van der Waals surface area contributed by atoms with Gasteiger partial charge in [-0.1, -0.05) is 30.3 Å². The Morgan fingerprint density at radius 3 is 2.50 bits per heavy atom. The summed E-state index contributed by atoms with van der Waals surface area (Å²) < 4.78 is 0. The van der Waals surface area contributed by atoms with E-state index in [0.29, 0.717) is 6.67 Å². The number of rotatable bonds is 3. The van der Waals surface area contributed by atoms with Crippen LogP contribution in [0.15, 0.2) is 30.3 Å². The minimum atomic E-state index is -0.933. The fourth-order valence-electron chi connectivity index (χ4n) is 3.06. The highest BCUT2D eigenvalue weighted by Gasteiger charge is 2.50. The van der Waals surface area contributed by atoms with Crippen LogP contribution in [0.2, 0.25) is 0 Å². The second kappa shape index (κ2) is 4.90. The summed E-state index contributed by atoms with van der Waals surface area (Å²) in [5.41, 5.74) is -0.102. The van der Waals surface area contributed by atoms with Crippen LogP contribution >= 0.6 is 0 Å². The molecule has 106 valence electrons. The number of nitrogens with zero attached hydrogens (tertiary/aromatic N) is 1. The number of hydrogen-bond acceptors (Lipinski definition) is 2. The standard InChI is InChI=1S/C15H19N3O2/c1-15(12-7-3-2-4-8-12)13(19)18(14(20)16-15)11-17-9-5-6-10-17/h2-4,7-8H,5-6,9-11H2,1H3,(H,16,20)/p+1/t15-/m1/s1. The molecule has 3 amide bonds. The molecule has 2 heterocycles. The highest BCUT2D eigenvalue weighted by atomic mass is 16.2. The van der Waals surface area contributed by atoms with Crippen LogP contribution in [0.25, 0.3) is 0 Å². The largest absolute Gasteiger partial charge is 0.329 e. The average Bonchev–Trinajstić information content (AvgIpc) is 3.04. The summed E-state index contributed by atoms with van der Waals surface area (Å²) in [4.78, 5) is 27.5. The number of imide groups is 1. The first-order valence-electron chi connectivity index (χ1n) is 7.14. The fraction of sp³-hybridized carbons (Fsp3) is 0.467. The Hall–Kier alpha value is -1.88. The molecule has 1 atom stereocenters. The van der Waals surface area contributed by atoms with Crippen LogP contribution in [-0.2, 0) is 10.3 Å². The predicted octanol–water partition coefficient (Wildman–Crippen LogP) is 0.0898. The third kappa shape index (κ3) is 2.08. The lowest BCUT2D eigenvalue weighted by molar-refractivity contribution is -0.894. The molecular weight excluding hydrogens is 254 g/mol. The highest BCUT2D eigenvalue weighted by molar-refractivity contribution is 6.07. The summed E-state index contributed by atoms with van der Waals surface area (Å²) in [7, 11) is 0. The Balaban J connectivity index is 1.82. The summed E-state index contributed by atoms with van der Waals surface area (Å²) in [5, 5.41) is 2.84. The minimum Gasteiger partial charge on any atom is -0.319 e. The van der Waals surface area contributed by atoms with Gasteiger partial charge < -0.3 is 10.2 Å². The molecule has 0 saturated carbocycles. The molecule has 0 radical (unpaired) electrons. The second-order valence-electron chi connectivity index (χ2n) is 5.77. The number of urea groups is 1. The summed E-state index contributed by atoms with van der Waals surface area (Å²) in [6.07, 6.45) is 2.35. The number of quaternary nitrogens is 1. The Morgan fingerprint density at radius 1 is 1.20 bits per heavy atom. The molecule has 1 aromatic rings. The molecule has 2 saturated heterocycles. The number of carbonyl (C=O) groups is 2. The van der Waals surface area contributed by atoms with Gasteiger partial charge in [-0.25, -0.2) is 9.69 Å². The molecule has 3 rings (SSSR count). The van der Waals surface area contributed by atoms with E-state index < -0.39 is 5.54 Å². The smallest absolute Gasteiger partial charge is 0.319 e. The fourth-order valence-corrected chi connectivity index (χ4v) is 3.06. The zero-order valence-corrected chi connectivity index (χ0v) is 11.7. The van der Waals surface area contributed by atoms with Gasteiger partial charge in [-0.05, 0) is 12.5 Å². The predicted molar refractivity (Wildman–Crippen MR) is 74.0 cm³/mol. The molecule has 5 nitrogen and oxygen atoms in total. The van der Waals surface area contributed by atoms with Gasteiger partial charge in [0.15, 0.2) is 6.67 Å². The van der Waals surface area contributed by atoms with E-state index in [9.17, 15) is 9.59 Å². The van der Waals surface area contributed by atoms with Crippen molar-refractivity contribution in [3.63, 3.8) is 0 Å². The van der Waals surface area contributed by atoms with Gasteiger partial charge in [0.25, 0.3) is 5.91 Å². The van der Waals surface area contributed by atoms with E-state index in [1.54, 1.807) is 6.92 Å². The average molecular weight is 274 g/mol. The van der Waals surface area contributed by atoms with Crippen molar-refractivity contribution in [3.05, 3.63) is 35.9 Å². The molecule has 0 unspecified atom stereocenters. The maximum absolute atomic E-state index is 12.7. The summed E-state index contributed by atoms with van der Waals surface area (Å²) in [5.74, 6) is -0.145. The molecule has 1 aromatic carbocycles. The molecule has 0 spiro atoms. The molecular formula is C15H20N3O2+. The molecule has 0 aliphatic carbocycles. The van der Waals surface area contributed by atoms with Gasteiger partial charge in [0, 0.05) is 12.8 Å². The van der Waals surface area contributed by atoms with Gasteiger partial charge in [0.05, 0.1) is 13.1 Å². The van der Waals surface area contributed by atoms with Crippen molar-refractivity contribution in [3.8, 4) is 0 Å². The third-order valence-electron chi connectivity index (χ3n) is 4.32. The lowest BCUT2D eigenvalue weighted by Crippen LogP contribution is -3.11. The normalized spacial score (nSPS) is 27.1. The Bertz CT molecular complexity index is 525. The van der Waals surface area contributed by atoms with Crippen molar-refractivity contribution in [2.24, 2.45) is 0 Å². The van der Waals surface area contributed by atoms with Crippen LogP contribution in [0, 0.1) is 0 Å². The molecule has 0 aromatic heterocycles. The van der Waals surface area contributed by atoms with E-state index in [0.717, 1.165) is 18.7 Å². The summed E-state index contributed by atoms with van der Waals surface area (Å²) >= 11 is 0. The van der Waals surface area contributed by atoms with Crippen molar-refractivity contribution in [1.29, 1.82) is 0 Å². The SMILES string of the molecule is C[C@]1(c2ccccc2)NC(=O)N(C[NH+]2CCCC2)C1=O. The van der Waals surface area contributed by atoms with E-state index in [4.69, 9.17) is 0 Å². The number of carbonyl (C=O) groups excluding carboxylic acids is 2. The summed E-state index contributed by atoms with van der Waals surface area (Å²) in [6, 6.07) is 9.15. The summed E-state index contributed by atoms with van der Waals surface area (Å²) in [6.45, 7) is 4.34. The molecule has 0 bridgehead atoms. The number of nitrogens with one attached hydrogen (secondary N) is 2. The van der Waals surface area contributed by atoms with Crippen LogP contribution in [0.5, 0.6) is 0 Å². The van der Waals surface area contributed by atoms with Crippen molar-refractivity contribution < 1.29 is 14.5 Å². The molecule has 20 heavy (non-hydrogen) atoms. The molecule has 5 heteroatoms. The van der Waals surface area contributed by atoms with Crippen LogP contribution in [0.4, 0.5) is 4.79 Å². The lowest BCUT2D eigenvalue weighted by atomic mass is 9.92. The van der Waals surface area contributed by atoms with E-state index in [-0.39, 0.29) is 11.9 Å². The number of benzene rings is 1. The monoisotopic (exact) mass is 274 g/mol. The maximum Gasteiger partial charge on any atom is 0.329 e. The first kappa shape index (κ1) is 13.1. The van der Waals surface area contributed by atoms with Gasteiger partial charge >= 0.3 is 6.03 Å². The quantitative estimate of drug-likeness (QED) is 0.768. The zero-order valence-electron chi connectivity index (χ0n) is 11.7. The van der Waals surface area contributed by atoms with Crippen LogP contribution < -0.4 is 10.2 Å². The van der Waals surface area contributed by atoms with Gasteiger partial charge in [0.1, 0.15) is 5.54 Å². The molecule has 2 N–H and O–H groups in total. The van der Waals surface area contributed by atoms with E-state index in [2.05, 4.69) is 5.32 Å². The van der Waals surface area contributed by atoms with Crippen molar-refractivity contribution in [2.75, 3.05) is 19.8 Å². The first-order chi connectivity index (χ1) is 9.61. The van der Waals surface area contributed by atoms with E-state index in [1.165, 1.54) is 22.6 Å². The van der Waals surface area contributed by atoms with Gasteiger partial charge in [0.2, 0.25) is 0 Å². The Labute approximate surface area is 118 Å². The zero-order chi connectivity index (χ0) is 14.2. The van der Waals surface area contributed by atoms with E-state index in [1.807, 2.05) is 30.3 Å². The topological polar surface area (TPSA) is 53.9 Å². The van der Waals surface area contributed by atoms with Crippen molar-refractivity contribution in [1.82, 2.24) is 10.2 Å². The number of amides is 3. The maximum atomic E-state index is 12.7. The first-order valence-corrected chi connectivity index (χ1v) is 7.14. The molecule has 2 aliphatic rings. The lowest BCUT2D eigenvalue weighted by Gasteiger charge is -2.23. The van der Waals surface area contributed by atoms with Gasteiger partial charge in [-0.15, -0.1) is 0 Å². The van der Waals surface area contributed by atoms with Gasteiger partial charge in [-0.3, -0.25) is 4.79 Å². The molecule has 2 aliphatic heterocycles. The van der Waals surface area contributed by atoms with Crippen LogP contribution in [0.1, 0.15) is 25.3 Å².